The van der Waals surface area contributed by atoms with E-state index in [0.29, 0.717) is 19.0 Å². The van der Waals surface area contributed by atoms with Crippen LogP contribution in [0.15, 0.2) is 137 Å². The Bertz CT molecular complexity index is 1940. The maximum absolute atomic E-state index is 4.76. The van der Waals surface area contributed by atoms with Gasteiger partial charge in [-0.2, -0.15) is 18.6 Å². The summed E-state index contributed by atoms with van der Waals surface area (Å²) in [6, 6.07) is 45.0. The molecular formula is C43H39ClN2Ru. The zero-order valence-electron chi connectivity index (χ0n) is 27.1. The summed E-state index contributed by atoms with van der Waals surface area (Å²) in [5, 5.41) is 9.89. The van der Waals surface area contributed by atoms with Gasteiger partial charge < -0.3 is 0 Å². The van der Waals surface area contributed by atoms with Crippen molar-refractivity contribution in [3.63, 3.8) is 0 Å². The van der Waals surface area contributed by atoms with E-state index in [1.807, 2.05) is 29.7 Å². The van der Waals surface area contributed by atoms with Crippen LogP contribution in [0, 0.1) is 13.8 Å². The van der Waals surface area contributed by atoms with Crippen LogP contribution in [0.1, 0.15) is 47.6 Å². The molecule has 0 saturated carbocycles. The molecule has 7 aromatic rings. The number of aryl methyl sites for hydroxylation is 1. The second-order valence-electron chi connectivity index (χ2n) is 11.9. The molecule has 0 N–H and O–H groups in total. The van der Waals surface area contributed by atoms with Crippen molar-refractivity contribution in [2.24, 2.45) is 9.98 Å². The summed E-state index contributed by atoms with van der Waals surface area (Å²) in [4.78, 5) is 9.52. The van der Waals surface area contributed by atoms with E-state index in [1.54, 1.807) is 0 Å². The Morgan fingerprint density at radius 3 is 1.28 bits per heavy atom. The number of nitrogens with zero attached hydrogens (tertiary/aromatic N) is 2. The van der Waals surface area contributed by atoms with E-state index in [0.717, 1.165) is 0 Å². The van der Waals surface area contributed by atoms with Crippen LogP contribution in [0.4, 0.5) is 0 Å². The van der Waals surface area contributed by atoms with Crippen LogP contribution in [0.5, 0.6) is 0 Å². The fourth-order valence-corrected chi connectivity index (χ4v) is 6.10. The molecule has 0 amide bonds. The molecule has 0 heterocycles. The summed E-state index contributed by atoms with van der Waals surface area (Å²) in [7, 11) is 4.57. The number of aliphatic imine (C=N–C) groups is 2. The Labute approximate surface area is 293 Å². The molecule has 0 aliphatic carbocycles. The molecule has 7 aromatic carbocycles. The van der Waals surface area contributed by atoms with Crippen LogP contribution in [-0.2, 0) is 17.3 Å². The van der Waals surface area contributed by atoms with E-state index in [1.165, 1.54) is 70.9 Å². The van der Waals surface area contributed by atoms with Crippen molar-refractivity contribution in [2.45, 2.75) is 26.7 Å². The molecule has 0 fully saturated rings. The normalized spacial score (nSPS) is 11.4. The van der Waals surface area contributed by atoms with Crippen molar-refractivity contribution in [1.29, 1.82) is 0 Å². The molecule has 4 heteroatoms. The Kier molecular flexibility index (Phi) is 12.0. The zero-order chi connectivity index (χ0) is 33.2. The van der Waals surface area contributed by atoms with Crippen molar-refractivity contribution in [3.05, 3.63) is 162 Å². The molecule has 0 saturated heterocycles. The third-order valence-electron chi connectivity index (χ3n) is 8.35. The van der Waals surface area contributed by atoms with E-state index in [4.69, 9.17) is 9.98 Å². The van der Waals surface area contributed by atoms with Gasteiger partial charge in [-0.1, -0.05) is 130 Å². The minimum atomic E-state index is 0.586. The first kappa shape index (κ1) is 34.0. The van der Waals surface area contributed by atoms with E-state index in [-0.39, 0.29) is 0 Å². The van der Waals surface area contributed by atoms with E-state index in [2.05, 4.69) is 165 Å². The van der Waals surface area contributed by atoms with Crippen molar-refractivity contribution in [1.82, 2.24) is 0 Å². The van der Waals surface area contributed by atoms with Gasteiger partial charge in [-0.15, -0.1) is 17.2 Å². The van der Waals surface area contributed by atoms with Crippen LogP contribution in [0.25, 0.3) is 43.1 Å². The SMILES string of the molecule is C(=NCCN=Cc1c2ccccc2cc2ccccc12)c1c2ccccc2cc2ccccc12.[CH2-]c1cc(C)ccc1C(C)C.[Cl][Ru+]. The van der Waals surface area contributed by atoms with Gasteiger partial charge in [0.2, 0.25) is 0 Å². The third-order valence-corrected chi connectivity index (χ3v) is 8.35. The number of fused-ring (bicyclic) bond motifs is 4. The van der Waals surface area contributed by atoms with E-state index < -0.39 is 0 Å². The molecule has 0 bridgehead atoms. The number of benzene rings is 7. The van der Waals surface area contributed by atoms with Gasteiger partial charge in [-0.25, -0.2) is 0 Å². The van der Waals surface area contributed by atoms with Crippen molar-refractivity contribution in [3.8, 4) is 0 Å². The fraction of sp³-hybridized carbons (Fsp3) is 0.140. The third kappa shape index (κ3) is 8.17. The molecular weight excluding hydrogens is 681 g/mol. The topological polar surface area (TPSA) is 24.7 Å². The molecule has 2 nitrogen and oxygen atoms in total. The predicted octanol–water partition coefficient (Wildman–Crippen LogP) is 11.8. The first-order chi connectivity index (χ1) is 23.0. The Morgan fingerprint density at radius 2 is 0.936 bits per heavy atom. The standard InChI is InChI=1S/C32H24N2.C11H15.ClH.Ru/c1-5-13-27-23(9-1)19-24-10-2-6-14-28(24)31(27)21-33-17-18-34-22-32-29-15-7-3-11-25(29)20-26-12-4-8-16-30(26)32;1-8(2)11-6-5-9(3)7-10(11)4;;/h1-16,19-22H,17-18H2;5-8H,4H2,1-3H3;1H;/q;-1;;+2/p-1. The first-order valence-electron chi connectivity index (χ1n) is 15.9. The second-order valence-corrected chi connectivity index (χ2v) is 11.9. The summed E-state index contributed by atoms with van der Waals surface area (Å²) in [6.07, 6.45) is 4.04. The quantitative estimate of drug-likeness (QED) is 0.0537. The van der Waals surface area contributed by atoms with Crippen LogP contribution < -0.4 is 0 Å². The molecule has 0 aromatic heterocycles. The van der Waals surface area contributed by atoms with E-state index in [9.17, 15) is 0 Å². The molecule has 236 valence electrons. The second kappa shape index (κ2) is 16.5. The average molecular weight is 720 g/mol. The van der Waals surface area contributed by atoms with Gasteiger partial charge in [-0.05, 0) is 55.2 Å². The van der Waals surface area contributed by atoms with Gasteiger partial charge in [-0.3, -0.25) is 9.98 Å². The van der Waals surface area contributed by atoms with Crippen molar-refractivity contribution < 1.29 is 17.3 Å². The van der Waals surface area contributed by atoms with Gasteiger partial charge >= 0.3 is 27.0 Å². The summed E-state index contributed by atoms with van der Waals surface area (Å²) >= 11 is 1.82. The van der Waals surface area contributed by atoms with Crippen LogP contribution in [0.3, 0.4) is 0 Å². The van der Waals surface area contributed by atoms with Gasteiger partial charge in [0, 0.05) is 23.6 Å². The van der Waals surface area contributed by atoms with Gasteiger partial charge in [0.1, 0.15) is 0 Å². The van der Waals surface area contributed by atoms with Crippen LogP contribution in [-0.4, -0.2) is 25.5 Å². The number of hydrogen-bond acceptors (Lipinski definition) is 2. The fourth-order valence-electron chi connectivity index (χ4n) is 6.10. The Hall–Kier alpha value is -4.30. The summed E-state index contributed by atoms with van der Waals surface area (Å²) in [5.41, 5.74) is 6.17. The van der Waals surface area contributed by atoms with Gasteiger partial charge in [0.15, 0.2) is 0 Å². The van der Waals surface area contributed by atoms with Crippen LogP contribution >= 0.6 is 9.69 Å². The molecule has 7 rings (SSSR count). The van der Waals surface area contributed by atoms with Crippen molar-refractivity contribution in [2.75, 3.05) is 13.1 Å². The van der Waals surface area contributed by atoms with Gasteiger partial charge in [0.25, 0.3) is 0 Å². The van der Waals surface area contributed by atoms with Crippen molar-refractivity contribution >= 4 is 65.2 Å². The first-order valence-corrected chi connectivity index (χ1v) is 18.1. The monoisotopic (exact) mass is 720 g/mol. The maximum atomic E-state index is 4.76. The molecule has 0 radical (unpaired) electrons. The molecule has 0 atom stereocenters. The summed E-state index contributed by atoms with van der Waals surface area (Å²) < 4.78 is 0. The number of hydrogen-bond donors (Lipinski definition) is 0. The predicted molar refractivity (Wildman–Crippen MR) is 203 cm³/mol. The molecule has 47 heavy (non-hydrogen) atoms. The molecule has 0 spiro atoms. The Morgan fingerprint density at radius 1 is 0.574 bits per heavy atom. The van der Waals surface area contributed by atoms with Crippen LogP contribution in [0.2, 0.25) is 0 Å². The molecule has 0 aliphatic heterocycles. The number of halogens is 1. The molecule has 0 unspecified atom stereocenters. The summed E-state index contributed by atoms with van der Waals surface area (Å²) in [6.45, 7) is 11.8. The number of rotatable bonds is 6. The minimum absolute atomic E-state index is 0.586. The Balaban J connectivity index is 0.000000283. The average Bonchev–Trinajstić information content (AvgIpc) is 3.09. The van der Waals surface area contributed by atoms with E-state index >= 15 is 0 Å². The molecule has 0 aliphatic rings. The zero-order valence-corrected chi connectivity index (χ0v) is 29.6. The summed E-state index contributed by atoms with van der Waals surface area (Å²) in [5.74, 6) is 0.586. The van der Waals surface area contributed by atoms with Gasteiger partial charge in [0.05, 0.1) is 13.1 Å².